The first-order valence-electron chi connectivity index (χ1n) is 8.24. The zero-order chi connectivity index (χ0) is 16.0. The van der Waals surface area contributed by atoms with E-state index in [2.05, 4.69) is 64.8 Å². The van der Waals surface area contributed by atoms with Gasteiger partial charge < -0.3 is 10.6 Å². The van der Waals surface area contributed by atoms with Crippen molar-refractivity contribution in [3.63, 3.8) is 0 Å². The van der Waals surface area contributed by atoms with E-state index in [1.807, 2.05) is 0 Å². The molecule has 0 aliphatic heterocycles. The van der Waals surface area contributed by atoms with Crippen LogP contribution in [0.1, 0.15) is 51.2 Å². The van der Waals surface area contributed by atoms with E-state index in [-0.39, 0.29) is 0 Å². The first-order valence-corrected chi connectivity index (χ1v) is 8.24. The molecular weight excluding hydrogens is 256 g/mol. The zero-order valence-electron chi connectivity index (χ0n) is 14.9. The van der Waals surface area contributed by atoms with Gasteiger partial charge in [-0.25, -0.2) is 0 Å². The molecule has 1 atom stereocenters. The highest BCUT2D eigenvalue weighted by molar-refractivity contribution is 5.53. The van der Waals surface area contributed by atoms with Gasteiger partial charge in [-0.3, -0.25) is 0 Å². The van der Waals surface area contributed by atoms with Gasteiger partial charge >= 0.3 is 0 Å². The monoisotopic (exact) mass is 290 g/mol. The number of nitrogens with zero attached hydrogens (tertiary/aromatic N) is 1. The third kappa shape index (κ3) is 5.70. The van der Waals surface area contributed by atoms with Gasteiger partial charge in [0, 0.05) is 19.3 Å². The van der Waals surface area contributed by atoms with E-state index in [1.165, 1.54) is 29.7 Å². The molecule has 0 saturated heterocycles. The molecule has 0 radical (unpaired) electrons. The van der Waals surface area contributed by atoms with Gasteiger partial charge in [0.1, 0.15) is 0 Å². The average molecular weight is 290 g/mol. The van der Waals surface area contributed by atoms with Crippen LogP contribution in [0.5, 0.6) is 0 Å². The number of hydrogen-bond donors (Lipinski definition) is 1. The van der Waals surface area contributed by atoms with Crippen LogP contribution in [0.15, 0.2) is 18.2 Å². The molecule has 0 fully saturated rings. The molecule has 120 valence electrons. The van der Waals surface area contributed by atoms with Crippen molar-refractivity contribution in [2.75, 3.05) is 25.0 Å². The maximum Gasteiger partial charge on any atom is 0.0393 e. The molecule has 0 spiro atoms. The molecule has 0 heterocycles. The van der Waals surface area contributed by atoms with Crippen LogP contribution in [-0.4, -0.2) is 20.1 Å². The van der Waals surface area contributed by atoms with Crippen LogP contribution >= 0.6 is 0 Å². The second-order valence-corrected chi connectivity index (χ2v) is 7.49. The SMILES string of the molecule is Cc1ccc(N(C)CCCC(CCN)C(C)(C)C)c(C)c1. The first kappa shape index (κ1) is 18.0. The van der Waals surface area contributed by atoms with E-state index >= 15 is 0 Å². The number of benzene rings is 1. The lowest BCUT2D eigenvalue weighted by atomic mass is 9.76. The van der Waals surface area contributed by atoms with Crippen molar-refractivity contribution in [3.05, 3.63) is 29.3 Å². The number of rotatable bonds is 7. The van der Waals surface area contributed by atoms with E-state index in [4.69, 9.17) is 5.73 Å². The minimum Gasteiger partial charge on any atom is -0.374 e. The number of nitrogens with two attached hydrogens (primary N) is 1. The molecule has 2 nitrogen and oxygen atoms in total. The van der Waals surface area contributed by atoms with Crippen molar-refractivity contribution in [2.24, 2.45) is 17.1 Å². The van der Waals surface area contributed by atoms with Crippen LogP contribution in [0.3, 0.4) is 0 Å². The Kier molecular flexibility index (Phi) is 6.73. The van der Waals surface area contributed by atoms with Crippen molar-refractivity contribution in [1.82, 2.24) is 0 Å². The minimum atomic E-state index is 0.359. The summed E-state index contributed by atoms with van der Waals surface area (Å²) in [6, 6.07) is 6.70. The summed E-state index contributed by atoms with van der Waals surface area (Å²) in [4.78, 5) is 2.39. The average Bonchev–Trinajstić information content (AvgIpc) is 2.36. The highest BCUT2D eigenvalue weighted by Crippen LogP contribution is 2.32. The van der Waals surface area contributed by atoms with Crippen LogP contribution in [0.25, 0.3) is 0 Å². The predicted molar refractivity (Wildman–Crippen MR) is 95.0 cm³/mol. The molecule has 0 saturated carbocycles. The molecule has 1 aromatic rings. The third-order valence-electron chi connectivity index (χ3n) is 4.55. The van der Waals surface area contributed by atoms with E-state index in [0.29, 0.717) is 5.41 Å². The highest BCUT2D eigenvalue weighted by Gasteiger charge is 2.23. The van der Waals surface area contributed by atoms with Gasteiger partial charge in [-0.15, -0.1) is 0 Å². The van der Waals surface area contributed by atoms with Gasteiger partial charge in [-0.2, -0.15) is 0 Å². The lowest BCUT2D eigenvalue weighted by Gasteiger charge is -2.31. The summed E-state index contributed by atoms with van der Waals surface area (Å²) in [6.45, 7) is 13.3. The largest absolute Gasteiger partial charge is 0.374 e. The molecular formula is C19H34N2. The van der Waals surface area contributed by atoms with Crippen molar-refractivity contribution in [1.29, 1.82) is 0 Å². The Hall–Kier alpha value is -1.02. The van der Waals surface area contributed by atoms with Crippen molar-refractivity contribution in [2.45, 2.75) is 53.9 Å². The zero-order valence-corrected chi connectivity index (χ0v) is 14.9. The normalized spacial score (nSPS) is 13.3. The van der Waals surface area contributed by atoms with Crippen LogP contribution in [-0.2, 0) is 0 Å². The van der Waals surface area contributed by atoms with E-state index in [1.54, 1.807) is 0 Å². The molecule has 0 aromatic heterocycles. The van der Waals surface area contributed by atoms with Crippen molar-refractivity contribution in [3.8, 4) is 0 Å². The van der Waals surface area contributed by atoms with Crippen molar-refractivity contribution >= 4 is 5.69 Å². The Balaban J connectivity index is 2.54. The Morgan fingerprint density at radius 2 is 1.81 bits per heavy atom. The summed E-state index contributed by atoms with van der Waals surface area (Å²) in [5.41, 5.74) is 10.2. The predicted octanol–water partition coefficient (Wildman–Crippen LogP) is 4.53. The summed E-state index contributed by atoms with van der Waals surface area (Å²) in [6.07, 6.45) is 3.62. The second-order valence-electron chi connectivity index (χ2n) is 7.49. The molecule has 0 amide bonds. The Morgan fingerprint density at radius 1 is 1.14 bits per heavy atom. The van der Waals surface area contributed by atoms with Crippen LogP contribution in [0.4, 0.5) is 5.69 Å². The molecule has 1 rings (SSSR count). The topological polar surface area (TPSA) is 29.3 Å². The first-order chi connectivity index (χ1) is 9.75. The van der Waals surface area contributed by atoms with Gasteiger partial charge in [-0.1, -0.05) is 38.5 Å². The van der Waals surface area contributed by atoms with E-state index in [9.17, 15) is 0 Å². The van der Waals surface area contributed by atoms with Gasteiger partial charge in [0.05, 0.1) is 0 Å². The van der Waals surface area contributed by atoms with Crippen molar-refractivity contribution < 1.29 is 0 Å². The smallest absolute Gasteiger partial charge is 0.0393 e. The summed E-state index contributed by atoms with van der Waals surface area (Å²) in [5.74, 6) is 0.718. The Morgan fingerprint density at radius 3 is 2.33 bits per heavy atom. The Bertz CT molecular complexity index is 432. The van der Waals surface area contributed by atoms with Gasteiger partial charge in [-0.05, 0) is 62.6 Å². The molecule has 0 bridgehead atoms. The van der Waals surface area contributed by atoms with Crippen LogP contribution < -0.4 is 10.6 Å². The number of hydrogen-bond acceptors (Lipinski definition) is 2. The van der Waals surface area contributed by atoms with E-state index in [0.717, 1.165) is 25.4 Å². The molecule has 2 heteroatoms. The summed E-state index contributed by atoms with van der Waals surface area (Å²) < 4.78 is 0. The molecule has 21 heavy (non-hydrogen) atoms. The highest BCUT2D eigenvalue weighted by atomic mass is 15.1. The summed E-state index contributed by atoms with van der Waals surface area (Å²) in [5, 5.41) is 0. The fourth-order valence-electron chi connectivity index (χ4n) is 3.14. The summed E-state index contributed by atoms with van der Waals surface area (Å²) >= 11 is 0. The fourth-order valence-corrected chi connectivity index (χ4v) is 3.14. The lowest BCUT2D eigenvalue weighted by molar-refractivity contribution is 0.211. The van der Waals surface area contributed by atoms with Gasteiger partial charge in [0.2, 0.25) is 0 Å². The van der Waals surface area contributed by atoms with Gasteiger partial charge in [0.25, 0.3) is 0 Å². The standard InChI is InChI=1S/C19H34N2/c1-15-9-10-18(16(2)14-15)21(6)13-7-8-17(11-12-20)19(3,4)5/h9-10,14,17H,7-8,11-13,20H2,1-6H3. The molecule has 0 aliphatic carbocycles. The van der Waals surface area contributed by atoms with Crippen LogP contribution in [0, 0.1) is 25.2 Å². The van der Waals surface area contributed by atoms with Gasteiger partial charge in [0.15, 0.2) is 0 Å². The molecule has 1 unspecified atom stereocenters. The maximum atomic E-state index is 5.77. The second kappa shape index (κ2) is 7.84. The molecule has 2 N–H and O–H groups in total. The minimum absolute atomic E-state index is 0.359. The molecule has 1 aromatic carbocycles. The maximum absolute atomic E-state index is 5.77. The Labute approximate surface area is 131 Å². The fraction of sp³-hybridized carbons (Fsp3) is 0.684. The summed E-state index contributed by atoms with van der Waals surface area (Å²) in [7, 11) is 2.20. The number of anilines is 1. The lowest BCUT2D eigenvalue weighted by Crippen LogP contribution is -2.26. The third-order valence-corrected chi connectivity index (χ3v) is 4.55. The number of aryl methyl sites for hydroxylation is 2. The quantitative estimate of drug-likeness (QED) is 0.799. The molecule has 0 aliphatic rings. The van der Waals surface area contributed by atoms with E-state index < -0.39 is 0 Å². The van der Waals surface area contributed by atoms with Crippen LogP contribution in [0.2, 0.25) is 0 Å².